The highest BCUT2D eigenvalue weighted by molar-refractivity contribution is 7.89. The Balaban J connectivity index is 1.94. The molecular formula is C20H22F2N2O3S. The van der Waals surface area contributed by atoms with E-state index in [9.17, 15) is 22.0 Å². The Hall–Kier alpha value is -2.32. The van der Waals surface area contributed by atoms with Crippen molar-refractivity contribution in [3.05, 3.63) is 65.2 Å². The van der Waals surface area contributed by atoms with Crippen molar-refractivity contribution < 1.29 is 22.0 Å². The molecule has 0 unspecified atom stereocenters. The number of hydrogen-bond donors (Lipinski definition) is 2. The van der Waals surface area contributed by atoms with Crippen LogP contribution in [0.2, 0.25) is 0 Å². The molecule has 150 valence electrons. The van der Waals surface area contributed by atoms with Crippen molar-refractivity contribution in [1.82, 2.24) is 10.0 Å². The minimum absolute atomic E-state index is 0.176. The van der Waals surface area contributed by atoms with E-state index >= 15 is 0 Å². The number of carbonyl (C=O) groups is 1. The van der Waals surface area contributed by atoms with Gasteiger partial charge >= 0.3 is 0 Å². The molecule has 0 radical (unpaired) electrons. The predicted molar refractivity (Wildman–Crippen MR) is 101 cm³/mol. The lowest BCUT2D eigenvalue weighted by Gasteiger charge is -2.31. The van der Waals surface area contributed by atoms with E-state index in [1.165, 1.54) is 12.1 Å². The topological polar surface area (TPSA) is 75.3 Å². The van der Waals surface area contributed by atoms with Crippen LogP contribution >= 0.6 is 0 Å². The molecule has 3 rings (SSSR count). The molecule has 0 saturated heterocycles. The lowest BCUT2D eigenvalue weighted by molar-refractivity contribution is 0.0893. The van der Waals surface area contributed by atoms with Crippen molar-refractivity contribution in [3.63, 3.8) is 0 Å². The van der Waals surface area contributed by atoms with Gasteiger partial charge in [-0.1, -0.05) is 31.9 Å². The molecule has 5 nitrogen and oxygen atoms in total. The van der Waals surface area contributed by atoms with E-state index in [-0.39, 0.29) is 22.8 Å². The van der Waals surface area contributed by atoms with Gasteiger partial charge in [-0.05, 0) is 48.7 Å². The average molecular weight is 408 g/mol. The molecule has 8 heteroatoms. The normalized spacial score (nSPS) is 16.1. The average Bonchev–Trinajstić information content (AvgIpc) is 3.11. The molecule has 0 heterocycles. The number of amides is 1. The Kier molecular flexibility index (Phi) is 5.81. The molecule has 1 aliphatic rings. The Morgan fingerprint density at radius 2 is 1.71 bits per heavy atom. The van der Waals surface area contributed by atoms with Gasteiger partial charge in [0.15, 0.2) is 0 Å². The number of carbonyl (C=O) groups excluding carboxylic acids is 1. The van der Waals surface area contributed by atoms with Crippen molar-refractivity contribution in [3.8, 4) is 0 Å². The zero-order valence-corrected chi connectivity index (χ0v) is 16.3. The van der Waals surface area contributed by atoms with E-state index in [0.717, 1.165) is 36.6 Å². The standard InChI is InChI=1S/C20H22F2N2O3S/c1-2-23-28(26,27)16-9-10-18(22)17(13-16)19(25)24-20(11-3-4-12-20)14-5-7-15(21)8-6-14/h5-10,13,23H,2-4,11-12H2,1H3,(H,24,25). The van der Waals surface area contributed by atoms with Crippen LogP contribution in [0.4, 0.5) is 8.78 Å². The smallest absolute Gasteiger partial charge is 0.254 e. The van der Waals surface area contributed by atoms with Gasteiger partial charge in [0.1, 0.15) is 11.6 Å². The summed E-state index contributed by atoms with van der Waals surface area (Å²) in [4.78, 5) is 12.7. The minimum Gasteiger partial charge on any atom is -0.342 e. The van der Waals surface area contributed by atoms with Crippen molar-refractivity contribution in [2.75, 3.05) is 6.54 Å². The van der Waals surface area contributed by atoms with Crippen molar-refractivity contribution >= 4 is 15.9 Å². The van der Waals surface area contributed by atoms with Gasteiger partial charge in [0.25, 0.3) is 5.91 Å². The third-order valence-electron chi connectivity index (χ3n) is 5.03. The second-order valence-electron chi connectivity index (χ2n) is 6.89. The molecule has 0 bridgehead atoms. The number of nitrogens with one attached hydrogen (secondary N) is 2. The number of sulfonamides is 1. The maximum atomic E-state index is 14.3. The summed E-state index contributed by atoms with van der Waals surface area (Å²) in [5.74, 6) is -1.88. The SMILES string of the molecule is CCNS(=O)(=O)c1ccc(F)c(C(=O)NC2(c3ccc(F)cc3)CCCC2)c1. The van der Waals surface area contributed by atoms with Gasteiger partial charge < -0.3 is 5.32 Å². The largest absolute Gasteiger partial charge is 0.342 e. The molecule has 0 atom stereocenters. The summed E-state index contributed by atoms with van der Waals surface area (Å²) >= 11 is 0. The van der Waals surface area contributed by atoms with Crippen LogP contribution in [0.15, 0.2) is 47.4 Å². The minimum atomic E-state index is -3.82. The van der Waals surface area contributed by atoms with Crippen LogP contribution in [0.5, 0.6) is 0 Å². The Bertz CT molecular complexity index is 969. The highest BCUT2D eigenvalue weighted by atomic mass is 32.2. The van der Waals surface area contributed by atoms with Crippen LogP contribution < -0.4 is 10.0 Å². The fourth-order valence-electron chi connectivity index (χ4n) is 3.64. The molecule has 1 fully saturated rings. The predicted octanol–water partition coefficient (Wildman–Crippen LogP) is 3.46. The maximum absolute atomic E-state index is 14.3. The first-order valence-electron chi connectivity index (χ1n) is 9.15. The summed E-state index contributed by atoms with van der Waals surface area (Å²) in [5, 5.41) is 2.88. The molecular weight excluding hydrogens is 386 g/mol. The van der Waals surface area contributed by atoms with Crippen LogP contribution in [0.1, 0.15) is 48.5 Å². The summed E-state index contributed by atoms with van der Waals surface area (Å²) in [7, 11) is -3.82. The second-order valence-corrected chi connectivity index (χ2v) is 8.66. The number of benzene rings is 2. The van der Waals surface area contributed by atoms with Gasteiger partial charge in [0.05, 0.1) is 16.0 Å². The molecule has 2 aromatic rings. The first-order chi connectivity index (χ1) is 13.3. The van der Waals surface area contributed by atoms with Crippen LogP contribution in [-0.4, -0.2) is 20.9 Å². The maximum Gasteiger partial charge on any atom is 0.254 e. The Labute approximate surface area is 163 Å². The van der Waals surface area contributed by atoms with Gasteiger partial charge in [-0.15, -0.1) is 0 Å². The molecule has 0 aliphatic heterocycles. The molecule has 1 saturated carbocycles. The highest BCUT2D eigenvalue weighted by Crippen LogP contribution is 2.39. The first-order valence-corrected chi connectivity index (χ1v) is 10.6. The van der Waals surface area contributed by atoms with E-state index in [4.69, 9.17) is 0 Å². The van der Waals surface area contributed by atoms with Gasteiger partial charge in [0.2, 0.25) is 10.0 Å². The van der Waals surface area contributed by atoms with E-state index in [0.29, 0.717) is 12.8 Å². The van der Waals surface area contributed by atoms with Crippen molar-refractivity contribution in [1.29, 1.82) is 0 Å². The molecule has 1 amide bonds. The van der Waals surface area contributed by atoms with Crippen LogP contribution in [0.3, 0.4) is 0 Å². The zero-order valence-electron chi connectivity index (χ0n) is 15.5. The van der Waals surface area contributed by atoms with E-state index in [2.05, 4.69) is 10.0 Å². The molecule has 28 heavy (non-hydrogen) atoms. The number of halogens is 2. The van der Waals surface area contributed by atoms with E-state index < -0.39 is 27.3 Å². The third-order valence-corrected chi connectivity index (χ3v) is 6.58. The van der Waals surface area contributed by atoms with Crippen molar-refractivity contribution in [2.24, 2.45) is 0 Å². The molecule has 0 aromatic heterocycles. The summed E-state index contributed by atoms with van der Waals surface area (Å²) < 4.78 is 54.3. The molecule has 1 aliphatic carbocycles. The fourth-order valence-corrected chi connectivity index (χ4v) is 4.70. The first kappa shape index (κ1) is 20.4. The quantitative estimate of drug-likeness (QED) is 0.769. The molecule has 0 spiro atoms. The van der Waals surface area contributed by atoms with Crippen molar-refractivity contribution in [2.45, 2.75) is 43.0 Å². The monoisotopic (exact) mass is 408 g/mol. The summed E-state index contributed by atoms with van der Waals surface area (Å²) in [6.45, 7) is 1.80. The summed E-state index contributed by atoms with van der Waals surface area (Å²) in [6, 6.07) is 9.01. The van der Waals surface area contributed by atoms with E-state index in [1.807, 2.05) is 0 Å². The van der Waals surface area contributed by atoms with Gasteiger partial charge in [-0.25, -0.2) is 21.9 Å². The van der Waals surface area contributed by atoms with Gasteiger partial charge in [-0.3, -0.25) is 4.79 Å². The lowest BCUT2D eigenvalue weighted by atomic mass is 9.87. The second kappa shape index (κ2) is 7.97. The van der Waals surface area contributed by atoms with Gasteiger partial charge in [0, 0.05) is 6.54 Å². The Morgan fingerprint density at radius 1 is 1.07 bits per heavy atom. The van der Waals surface area contributed by atoms with Crippen LogP contribution in [0, 0.1) is 11.6 Å². The zero-order chi connectivity index (χ0) is 20.4. The summed E-state index contributed by atoms with van der Waals surface area (Å²) in [5.41, 5.74) is -0.322. The van der Waals surface area contributed by atoms with Gasteiger partial charge in [-0.2, -0.15) is 0 Å². The lowest BCUT2D eigenvalue weighted by Crippen LogP contribution is -2.44. The highest BCUT2D eigenvalue weighted by Gasteiger charge is 2.37. The molecule has 2 aromatic carbocycles. The van der Waals surface area contributed by atoms with Crippen LogP contribution in [-0.2, 0) is 15.6 Å². The summed E-state index contributed by atoms with van der Waals surface area (Å²) in [6.07, 6.45) is 3.02. The third kappa shape index (κ3) is 4.07. The number of hydrogen-bond acceptors (Lipinski definition) is 3. The molecule has 2 N–H and O–H groups in total. The number of rotatable bonds is 6. The van der Waals surface area contributed by atoms with Crippen LogP contribution in [0.25, 0.3) is 0 Å². The van der Waals surface area contributed by atoms with E-state index in [1.54, 1.807) is 19.1 Å². The fraction of sp³-hybridized carbons (Fsp3) is 0.350. The Morgan fingerprint density at radius 3 is 2.32 bits per heavy atom.